The number of aromatic nitrogens is 4. The molecule has 8 heteroatoms. The summed E-state index contributed by atoms with van der Waals surface area (Å²) in [4.78, 5) is 10.2. The van der Waals surface area contributed by atoms with Crippen LogP contribution in [0.1, 0.15) is 16.8 Å². The Hall–Kier alpha value is -3.29. The fourth-order valence-corrected chi connectivity index (χ4v) is 4.11. The van der Waals surface area contributed by atoms with E-state index in [2.05, 4.69) is 20.2 Å². The van der Waals surface area contributed by atoms with Gasteiger partial charge < -0.3 is 5.32 Å². The Morgan fingerprint density at radius 2 is 1.97 bits per heavy atom. The first-order chi connectivity index (χ1) is 15.1. The number of hydrogen-bond donors (Lipinski definition) is 1. The quantitative estimate of drug-likeness (QED) is 0.454. The first kappa shape index (κ1) is 19.7. The van der Waals surface area contributed by atoms with Crippen molar-refractivity contribution in [3.8, 4) is 11.3 Å². The average Bonchev–Trinajstić information content (AvgIpc) is 3.24. The van der Waals surface area contributed by atoms with Gasteiger partial charge in [0.05, 0.1) is 17.9 Å². The molecule has 0 amide bonds. The lowest BCUT2D eigenvalue weighted by atomic mass is 10.1. The van der Waals surface area contributed by atoms with E-state index in [-0.39, 0.29) is 11.1 Å². The van der Waals surface area contributed by atoms with Crippen LogP contribution in [-0.4, -0.2) is 31.7 Å². The van der Waals surface area contributed by atoms with Gasteiger partial charge in [-0.1, -0.05) is 24.3 Å². The highest BCUT2D eigenvalue weighted by Crippen LogP contribution is 2.34. The number of halogens is 2. The van der Waals surface area contributed by atoms with Crippen molar-refractivity contribution in [1.82, 2.24) is 24.6 Å². The predicted molar refractivity (Wildman–Crippen MR) is 119 cm³/mol. The molecule has 0 spiro atoms. The van der Waals surface area contributed by atoms with Crippen molar-refractivity contribution >= 4 is 23.1 Å². The van der Waals surface area contributed by atoms with Crippen LogP contribution in [0.5, 0.6) is 0 Å². The lowest BCUT2D eigenvalue weighted by Crippen LogP contribution is -2.13. The molecule has 0 radical (unpaired) electrons. The number of nitrogens with one attached hydrogen (secondary N) is 1. The third-order valence-corrected chi connectivity index (χ3v) is 5.45. The van der Waals surface area contributed by atoms with Crippen molar-refractivity contribution in [3.63, 3.8) is 0 Å². The van der Waals surface area contributed by atoms with Gasteiger partial charge in [0.25, 0.3) is 0 Å². The van der Waals surface area contributed by atoms with Gasteiger partial charge in [-0.05, 0) is 54.5 Å². The molecule has 0 saturated heterocycles. The maximum atomic E-state index is 14.7. The van der Waals surface area contributed by atoms with Crippen LogP contribution in [-0.2, 0) is 19.6 Å². The fraction of sp³-hybridized carbons (Fsp3) is 0.174. The van der Waals surface area contributed by atoms with Gasteiger partial charge >= 0.3 is 0 Å². The molecule has 1 N–H and O–H groups in total. The van der Waals surface area contributed by atoms with Crippen LogP contribution in [0.25, 0.3) is 11.3 Å². The molecule has 0 saturated carbocycles. The number of benzene rings is 2. The summed E-state index contributed by atoms with van der Waals surface area (Å²) in [5.41, 5.74) is 5.44. The molecular weight excluding hydrogens is 415 g/mol. The van der Waals surface area contributed by atoms with E-state index in [0.29, 0.717) is 17.9 Å². The van der Waals surface area contributed by atoms with Crippen LogP contribution in [0.4, 0.5) is 15.9 Å². The minimum absolute atomic E-state index is 0.187. The van der Waals surface area contributed by atoms with Crippen molar-refractivity contribution in [1.29, 1.82) is 0 Å². The molecule has 0 aliphatic carbocycles. The Morgan fingerprint density at radius 1 is 1.10 bits per heavy atom. The third kappa shape index (κ3) is 4.02. The molecule has 3 heterocycles. The molecule has 0 bridgehead atoms. The van der Waals surface area contributed by atoms with Gasteiger partial charge in [0.15, 0.2) is 0 Å². The molecule has 31 heavy (non-hydrogen) atoms. The Balaban J connectivity index is 1.48. The molecule has 1 aliphatic heterocycles. The van der Waals surface area contributed by atoms with Gasteiger partial charge in [-0.25, -0.2) is 14.4 Å². The largest absolute Gasteiger partial charge is 0.340 e. The van der Waals surface area contributed by atoms with Gasteiger partial charge in [0, 0.05) is 36.1 Å². The van der Waals surface area contributed by atoms with Crippen molar-refractivity contribution in [2.45, 2.75) is 19.6 Å². The zero-order chi connectivity index (χ0) is 21.4. The van der Waals surface area contributed by atoms with Crippen LogP contribution in [0.3, 0.4) is 0 Å². The highest BCUT2D eigenvalue weighted by molar-refractivity contribution is 6.28. The summed E-state index contributed by atoms with van der Waals surface area (Å²) >= 11 is 5.88. The van der Waals surface area contributed by atoms with Crippen molar-refractivity contribution in [2.24, 2.45) is 0 Å². The Kier molecular flexibility index (Phi) is 5.13. The number of hydrogen-bond acceptors (Lipinski definition) is 5. The average molecular weight is 435 g/mol. The molecule has 4 aromatic rings. The van der Waals surface area contributed by atoms with Gasteiger partial charge in [-0.15, -0.1) is 0 Å². The van der Waals surface area contributed by atoms with E-state index in [1.807, 2.05) is 48.1 Å². The van der Waals surface area contributed by atoms with Crippen LogP contribution < -0.4 is 5.32 Å². The topological polar surface area (TPSA) is 58.9 Å². The number of nitrogens with zero attached hydrogens (tertiary/aromatic N) is 5. The molecule has 1 aliphatic rings. The van der Waals surface area contributed by atoms with E-state index in [9.17, 15) is 4.39 Å². The molecule has 2 aromatic heterocycles. The van der Waals surface area contributed by atoms with Crippen LogP contribution in [0.2, 0.25) is 5.28 Å². The third-order valence-electron chi connectivity index (χ3n) is 5.27. The Bertz CT molecular complexity index is 1250. The molecule has 0 fully saturated rings. The summed E-state index contributed by atoms with van der Waals surface area (Å²) in [6.45, 7) is 2.05. The van der Waals surface area contributed by atoms with E-state index in [1.54, 1.807) is 18.3 Å². The Morgan fingerprint density at radius 3 is 2.81 bits per heavy atom. The van der Waals surface area contributed by atoms with E-state index in [4.69, 9.17) is 16.7 Å². The number of anilines is 2. The lowest BCUT2D eigenvalue weighted by molar-refractivity contribution is 0.346. The summed E-state index contributed by atoms with van der Waals surface area (Å²) in [5.74, 6) is 0.377. The maximum Gasteiger partial charge on any atom is 0.224 e. The summed E-state index contributed by atoms with van der Waals surface area (Å²) in [6.07, 6.45) is 1.60. The SMILES string of the molecule is CN1Cc2nn(Cc3cccc(Nc4ccnc(Cl)n4)c3)c(-c3ccccc3F)c2C1. The monoisotopic (exact) mass is 434 g/mol. The van der Waals surface area contributed by atoms with Crippen LogP contribution in [0, 0.1) is 5.82 Å². The van der Waals surface area contributed by atoms with E-state index < -0.39 is 0 Å². The van der Waals surface area contributed by atoms with Crippen LogP contribution in [0.15, 0.2) is 60.8 Å². The second-order valence-corrected chi connectivity index (χ2v) is 7.96. The van der Waals surface area contributed by atoms with Crippen molar-refractivity contribution in [3.05, 3.63) is 88.7 Å². The van der Waals surface area contributed by atoms with Crippen molar-refractivity contribution in [2.75, 3.05) is 12.4 Å². The summed E-state index contributed by atoms with van der Waals surface area (Å²) < 4.78 is 16.6. The Labute approximate surface area is 184 Å². The zero-order valence-corrected chi connectivity index (χ0v) is 17.6. The second-order valence-electron chi connectivity index (χ2n) is 7.62. The zero-order valence-electron chi connectivity index (χ0n) is 16.9. The first-order valence-corrected chi connectivity index (χ1v) is 10.3. The van der Waals surface area contributed by atoms with E-state index in [0.717, 1.165) is 41.3 Å². The molecule has 2 aromatic carbocycles. The number of fused-ring (bicyclic) bond motifs is 1. The first-order valence-electron chi connectivity index (χ1n) is 9.93. The minimum Gasteiger partial charge on any atom is -0.340 e. The second kappa shape index (κ2) is 8.09. The highest BCUT2D eigenvalue weighted by Gasteiger charge is 2.27. The van der Waals surface area contributed by atoms with Gasteiger partial charge in [0.1, 0.15) is 11.6 Å². The highest BCUT2D eigenvalue weighted by atomic mass is 35.5. The molecule has 0 unspecified atom stereocenters. The minimum atomic E-state index is -0.239. The molecule has 5 rings (SSSR count). The molecule has 156 valence electrons. The summed E-state index contributed by atoms with van der Waals surface area (Å²) in [6, 6.07) is 16.6. The molecule has 6 nitrogen and oxygen atoms in total. The van der Waals surface area contributed by atoms with Crippen LogP contribution >= 0.6 is 11.6 Å². The normalized spacial score (nSPS) is 13.4. The maximum absolute atomic E-state index is 14.7. The van der Waals surface area contributed by atoms with Gasteiger partial charge in [-0.3, -0.25) is 9.58 Å². The lowest BCUT2D eigenvalue weighted by Gasteiger charge is -2.14. The molecule has 0 atom stereocenters. The summed E-state index contributed by atoms with van der Waals surface area (Å²) in [7, 11) is 2.05. The number of rotatable bonds is 5. The van der Waals surface area contributed by atoms with Gasteiger partial charge in [0.2, 0.25) is 5.28 Å². The smallest absolute Gasteiger partial charge is 0.224 e. The fourth-order valence-electron chi connectivity index (χ4n) is 3.97. The van der Waals surface area contributed by atoms with Crippen molar-refractivity contribution < 1.29 is 4.39 Å². The summed E-state index contributed by atoms with van der Waals surface area (Å²) in [5, 5.41) is 8.25. The predicted octanol–water partition coefficient (Wildman–Crippen LogP) is 4.87. The standard InChI is InChI=1S/C23H20ClFN6/c1-30-13-18-20(14-30)29-31(22(18)17-7-2-3-8-19(17)25)12-15-5-4-6-16(11-15)27-21-9-10-26-23(24)28-21/h2-11H,12-14H2,1H3,(H,26,27,28). The van der Waals surface area contributed by atoms with E-state index >= 15 is 0 Å². The molecular formula is C23H20ClFN6. The van der Waals surface area contributed by atoms with Gasteiger partial charge in [-0.2, -0.15) is 5.10 Å². The van der Waals surface area contributed by atoms with E-state index in [1.165, 1.54) is 6.07 Å².